The van der Waals surface area contributed by atoms with Gasteiger partial charge in [0.2, 0.25) is 5.91 Å². The molecular formula is C17H26N2O2. The molecule has 1 saturated heterocycles. The van der Waals surface area contributed by atoms with Crippen LogP contribution in [0.5, 0.6) is 5.75 Å². The van der Waals surface area contributed by atoms with Crippen molar-refractivity contribution in [2.24, 2.45) is 0 Å². The number of ether oxygens (including phenoxy) is 1. The van der Waals surface area contributed by atoms with Crippen LogP contribution in [0.1, 0.15) is 24.8 Å². The minimum atomic E-state index is 0.250. The van der Waals surface area contributed by atoms with E-state index in [1.54, 1.807) is 7.11 Å². The quantitative estimate of drug-likeness (QED) is 0.833. The maximum atomic E-state index is 12.3. The van der Waals surface area contributed by atoms with Gasteiger partial charge in [-0.15, -0.1) is 0 Å². The van der Waals surface area contributed by atoms with E-state index in [1.165, 1.54) is 5.56 Å². The van der Waals surface area contributed by atoms with Gasteiger partial charge in [0.1, 0.15) is 5.75 Å². The number of likely N-dealkylation sites (tertiary alicyclic amines) is 1. The van der Waals surface area contributed by atoms with Crippen molar-refractivity contribution in [1.82, 2.24) is 9.80 Å². The average Bonchev–Trinajstić information content (AvgIpc) is 2.53. The summed E-state index contributed by atoms with van der Waals surface area (Å²) >= 11 is 0. The van der Waals surface area contributed by atoms with Gasteiger partial charge in [-0.25, -0.2) is 0 Å². The molecule has 1 fully saturated rings. The first kappa shape index (κ1) is 15.8. The van der Waals surface area contributed by atoms with Gasteiger partial charge in [-0.3, -0.25) is 4.79 Å². The zero-order chi connectivity index (χ0) is 15.2. The molecule has 0 N–H and O–H groups in total. The fourth-order valence-corrected chi connectivity index (χ4v) is 2.81. The average molecular weight is 290 g/mol. The number of carbonyl (C=O) groups is 1. The number of rotatable bonds is 5. The highest BCUT2D eigenvalue weighted by molar-refractivity contribution is 5.76. The third kappa shape index (κ3) is 4.46. The van der Waals surface area contributed by atoms with Gasteiger partial charge in [-0.1, -0.05) is 12.1 Å². The fraction of sp³-hybridized carbons (Fsp3) is 0.588. The Labute approximate surface area is 127 Å². The zero-order valence-electron chi connectivity index (χ0n) is 13.3. The molecular weight excluding hydrogens is 264 g/mol. The summed E-state index contributed by atoms with van der Waals surface area (Å²) in [6.45, 7) is 2.17. The number of carbonyl (C=O) groups excluding carboxylic acids is 1. The van der Waals surface area contributed by atoms with Gasteiger partial charge < -0.3 is 14.5 Å². The van der Waals surface area contributed by atoms with E-state index in [4.69, 9.17) is 4.74 Å². The van der Waals surface area contributed by atoms with Crippen molar-refractivity contribution < 1.29 is 9.53 Å². The molecule has 0 unspecified atom stereocenters. The number of nitrogens with zero attached hydrogens (tertiary/aromatic N) is 2. The van der Waals surface area contributed by atoms with Crippen molar-refractivity contribution in [1.29, 1.82) is 0 Å². The lowest BCUT2D eigenvalue weighted by Gasteiger charge is -2.35. The molecule has 116 valence electrons. The van der Waals surface area contributed by atoms with Gasteiger partial charge in [0.15, 0.2) is 0 Å². The summed E-state index contributed by atoms with van der Waals surface area (Å²) in [6.07, 6.45) is 3.54. The molecule has 0 radical (unpaired) electrons. The number of methoxy groups -OCH3 is 1. The Morgan fingerprint density at radius 2 is 1.90 bits per heavy atom. The summed E-state index contributed by atoms with van der Waals surface area (Å²) in [6, 6.07) is 8.36. The van der Waals surface area contributed by atoms with Crippen LogP contribution in [0.25, 0.3) is 0 Å². The summed E-state index contributed by atoms with van der Waals surface area (Å²) < 4.78 is 5.14. The van der Waals surface area contributed by atoms with Crippen molar-refractivity contribution in [2.75, 3.05) is 34.3 Å². The number of aryl methyl sites for hydroxylation is 1. The van der Waals surface area contributed by atoms with Crippen molar-refractivity contribution in [2.45, 2.75) is 31.7 Å². The van der Waals surface area contributed by atoms with E-state index in [-0.39, 0.29) is 5.91 Å². The van der Waals surface area contributed by atoms with Crippen molar-refractivity contribution in [3.63, 3.8) is 0 Å². The summed E-state index contributed by atoms with van der Waals surface area (Å²) in [5.74, 6) is 1.11. The Morgan fingerprint density at radius 1 is 1.29 bits per heavy atom. The SMILES string of the molecule is COc1ccc(CCC(=O)N(C)C2CCN(C)CC2)cc1. The molecule has 0 atom stereocenters. The molecule has 4 heteroatoms. The molecule has 0 spiro atoms. The van der Waals surface area contributed by atoms with Crippen LogP contribution in [0.2, 0.25) is 0 Å². The highest BCUT2D eigenvalue weighted by atomic mass is 16.5. The smallest absolute Gasteiger partial charge is 0.222 e. The normalized spacial score (nSPS) is 16.7. The second kappa shape index (κ2) is 7.46. The molecule has 0 bridgehead atoms. The van der Waals surface area contributed by atoms with Crippen LogP contribution in [0.3, 0.4) is 0 Å². The van der Waals surface area contributed by atoms with E-state index in [2.05, 4.69) is 11.9 Å². The van der Waals surface area contributed by atoms with Crippen molar-refractivity contribution in [3.8, 4) is 5.75 Å². The number of amides is 1. The fourth-order valence-electron chi connectivity index (χ4n) is 2.81. The molecule has 1 aromatic rings. The summed E-state index contributed by atoms with van der Waals surface area (Å²) in [7, 11) is 5.75. The van der Waals surface area contributed by atoms with Gasteiger partial charge in [-0.2, -0.15) is 0 Å². The Kier molecular flexibility index (Phi) is 5.62. The van der Waals surface area contributed by atoms with Crippen LogP contribution in [0, 0.1) is 0 Å². The van der Waals surface area contributed by atoms with Crippen LogP contribution < -0.4 is 4.74 Å². The Morgan fingerprint density at radius 3 is 2.48 bits per heavy atom. The summed E-state index contributed by atoms with van der Waals surface area (Å²) in [4.78, 5) is 16.6. The Hall–Kier alpha value is -1.55. The molecule has 1 aliphatic rings. The second-order valence-corrected chi connectivity index (χ2v) is 5.89. The van der Waals surface area contributed by atoms with Gasteiger partial charge in [-0.05, 0) is 57.1 Å². The molecule has 0 aliphatic carbocycles. The van der Waals surface area contributed by atoms with Gasteiger partial charge in [0, 0.05) is 19.5 Å². The second-order valence-electron chi connectivity index (χ2n) is 5.89. The third-order valence-corrected chi connectivity index (χ3v) is 4.42. The van der Waals surface area contributed by atoms with E-state index in [0.29, 0.717) is 12.5 Å². The minimum absolute atomic E-state index is 0.250. The predicted molar refractivity (Wildman–Crippen MR) is 84.6 cm³/mol. The highest BCUT2D eigenvalue weighted by Crippen LogP contribution is 2.17. The molecule has 1 aromatic carbocycles. The molecule has 2 rings (SSSR count). The predicted octanol–water partition coefficient (Wildman–Crippen LogP) is 2.18. The largest absolute Gasteiger partial charge is 0.497 e. The zero-order valence-corrected chi connectivity index (χ0v) is 13.3. The minimum Gasteiger partial charge on any atom is -0.497 e. The summed E-state index contributed by atoms with van der Waals surface area (Å²) in [5.41, 5.74) is 1.18. The van der Waals surface area contributed by atoms with E-state index in [9.17, 15) is 4.79 Å². The summed E-state index contributed by atoms with van der Waals surface area (Å²) in [5, 5.41) is 0. The lowest BCUT2D eigenvalue weighted by Crippen LogP contribution is -2.44. The lowest BCUT2D eigenvalue weighted by molar-refractivity contribution is -0.132. The van der Waals surface area contributed by atoms with Gasteiger partial charge in [0.25, 0.3) is 0 Å². The van der Waals surface area contributed by atoms with Crippen molar-refractivity contribution >= 4 is 5.91 Å². The van der Waals surface area contributed by atoms with Crippen molar-refractivity contribution in [3.05, 3.63) is 29.8 Å². The number of benzene rings is 1. The molecule has 0 aromatic heterocycles. The third-order valence-electron chi connectivity index (χ3n) is 4.42. The van der Waals surface area contributed by atoms with E-state index in [0.717, 1.165) is 38.1 Å². The first-order valence-corrected chi connectivity index (χ1v) is 7.67. The van der Waals surface area contributed by atoms with Gasteiger partial charge in [0.05, 0.1) is 7.11 Å². The number of hydrogen-bond acceptors (Lipinski definition) is 3. The first-order valence-electron chi connectivity index (χ1n) is 7.67. The standard InChI is InChI=1S/C17H26N2O2/c1-18-12-10-15(11-13-18)19(2)17(20)9-6-14-4-7-16(21-3)8-5-14/h4-5,7-8,15H,6,9-13H2,1-3H3. The molecule has 0 saturated carbocycles. The Balaban J connectivity index is 1.80. The maximum absolute atomic E-state index is 12.3. The molecule has 1 heterocycles. The maximum Gasteiger partial charge on any atom is 0.222 e. The monoisotopic (exact) mass is 290 g/mol. The molecule has 4 nitrogen and oxygen atoms in total. The molecule has 1 aliphatic heterocycles. The van der Waals surface area contributed by atoms with E-state index >= 15 is 0 Å². The Bertz CT molecular complexity index is 450. The molecule has 21 heavy (non-hydrogen) atoms. The molecule has 1 amide bonds. The van der Waals surface area contributed by atoms with Crippen LogP contribution in [-0.2, 0) is 11.2 Å². The van der Waals surface area contributed by atoms with E-state index < -0.39 is 0 Å². The van der Waals surface area contributed by atoms with E-state index in [1.807, 2.05) is 36.2 Å². The first-order chi connectivity index (χ1) is 10.1. The number of hydrogen-bond donors (Lipinski definition) is 0. The topological polar surface area (TPSA) is 32.8 Å². The van der Waals surface area contributed by atoms with Crippen LogP contribution >= 0.6 is 0 Å². The van der Waals surface area contributed by atoms with Crippen LogP contribution in [0.15, 0.2) is 24.3 Å². The van der Waals surface area contributed by atoms with Crippen LogP contribution in [-0.4, -0.2) is 56.0 Å². The lowest BCUT2D eigenvalue weighted by atomic mass is 10.0. The van der Waals surface area contributed by atoms with Crippen LogP contribution in [0.4, 0.5) is 0 Å². The number of piperidine rings is 1. The highest BCUT2D eigenvalue weighted by Gasteiger charge is 2.23. The van der Waals surface area contributed by atoms with Gasteiger partial charge >= 0.3 is 0 Å².